The number of carbonyl (C=O) groups excluding carboxylic acids is 1. The molecule has 0 amide bonds. The molecule has 1 unspecified atom stereocenters. The number of rotatable bonds is 5. The summed E-state index contributed by atoms with van der Waals surface area (Å²) < 4.78 is 6.91. The summed E-state index contributed by atoms with van der Waals surface area (Å²) in [7, 11) is 1.59. The lowest BCUT2D eigenvalue weighted by Gasteiger charge is -2.14. The zero-order valence-corrected chi connectivity index (χ0v) is 15.4. The summed E-state index contributed by atoms with van der Waals surface area (Å²) in [5.41, 5.74) is 2.91. The van der Waals surface area contributed by atoms with Gasteiger partial charge in [-0.2, -0.15) is 0 Å². The monoisotopic (exact) mass is 373 g/mol. The van der Waals surface area contributed by atoms with Crippen LogP contribution >= 0.6 is 11.6 Å². The van der Waals surface area contributed by atoms with Gasteiger partial charge in [0.25, 0.3) is 5.91 Å². The van der Waals surface area contributed by atoms with Crippen LogP contribution in [0.15, 0.2) is 42.0 Å². The van der Waals surface area contributed by atoms with Gasteiger partial charge in [-0.05, 0) is 43.5 Å². The van der Waals surface area contributed by atoms with E-state index < -0.39 is 5.97 Å². The molecule has 1 heterocycles. The second-order valence-electron chi connectivity index (χ2n) is 6.26. The largest absolute Gasteiger partial charge is 0.497 e. The Kier molecular flexibility index (Phi) is 5.18. The summed E-state index contributed by atoms with van der Waals surface area (Å²) in [6, 6.07) is 5.51. The van der Waals surface area contributed by atoms with Crippen LogP contribution in [-0.4, -0.2) is 34.0 Å². The molecule has 1 aromatic carbocycles. The highest BCUT2D eigenvalue weighted by Crippen LogP contribution is 2.31. The number of allylic oxidation sites excluding steroid dienone is 4. The SMILES string of the molecule is COc1ccc2c(c1)c(C)c(CCC(=O)O)n2C(=O)C1=CCC(Cl)C=C1. The predicted octanol–water partition coefficient (Wildman–Crippen LogP) is 4.11. The third-order valence-electron chi connectivity index (χ3n) is 4.62. The number of hydrogen-bond acceptors (Lipinski definition) is 3. The minimum Gasteiger partial charge on any atom is -0.497 e. The number of benzene rings is 1. The molecule has 0 radical (unpaired) electrons. The molecular formula is C20H20ClNO4. The van der Waals surface area contributed by atoms with Crippen molar-refractivity contribution in [2.24, 2.45) is 0 Å². The highest BCUT2D eigenvalue weighted by atomic mass is 35.5. The van der Waals surface area contributed by atoms with E-state index in [1.165, 1.54) is 0 Å². The molecule has 0 fully saturated rings. The second kappa shape index (κ2) is 7.38. The number of methoxy groups -OCH3 is 1. The lowest BCUT2D eigenvalue weighted by Crippen LogP contribution is -2.18. The van der Waals surface area contributed by atoms with Crippen LogP contribution in [0.4, 0.5) is 0 Å². The zero-order chi connectivity index (χ0) is 18.8. The highest BCUT2D eigenvalue weighted by Gasteiger charge is 2.22. The molecule has 1 atom stereocenters. The van der Waals surface area contributed by atoms with E-state index in [4.69, 9.17) is 21.4 Å². The minimum absolute atomic E-state index is 0.0415. The lowest BCUT2D eigenvalue weighted by molar-refractivity contribution is -0.137. The van der Waals surface area contributed by atoms with Gasteiger partial charge in [-0.15, -0.1) is 11.6 Å². The predicted molar refractivity (Wildman–Crippen MR) is 101 cm³/mol. The molecule has 0 saturated carbocycles. The van der Waals surface area contributed by atoms with Crippen LogP contribution in [0.2, 0.25) is 0 Å². The fourth-order valence-corrected chi connectivity index (χ4v) is 3.41. The normalized spacial score (nSPS) is 16.6. The molecule has 3 rings (SSSR count). The van der Waals surface area contributed by atoms with E-state index in [9.17, 15) is 9.59 Å². The molecule has 6 heteroatoms. The first kappa shape index (κ1) is 18.3. The minimum atomic E-state index is -0.895. The van der Waals surface area contributed by atoms with Crippen LogP contribution in [0.25, 0.3) is 10.9 Å². The molecule has 26 heavy (non-hydrogen) atoms. The van der Waals surface area contributed by atoms with Gasteiger partial charge in [0.05, 0.1) is 24.4 Å². The second-order valence-corrected chi connectivity index (χ2v) is 6.82. The van der Waals surface area contributed by atoms with Crippen molar-refractivity contribution in [1.29, 1.82) is 0 Å². The van der Waals surface area contributed by atoms with E-state index >= 15 is 0 Å². The maximum absolute atomic E-state index is 13.2. The van der Waals surface area contributed by atoms with Gasteiger partial charge >= 0.3 is 5.97 Å². The van der Waals surface area contributed by atoms with Crippen molar-refractivity contribution in [2.75, 3.05) is 7.11 Å². The van der Waals surface area contributed by atoms with Gasteiger partial charge in [0.15, 0.2) is 0 Å². The van der Waals surface area contributed by atoms with Crippen molar-refractivity contribution >= 4 is 34.4 Å². The lowest BCUT2D eigenvalue weighted by atomic mass is 10.1. The van der Waals surface area contributed by atoms with Crippen molar-refractivity contribution in [3.05, 3.63) is 53.3 Å². The van der Waals surface area contributed by atoms with Crippen molar-refractivity contribution in [1.82, 2.24) is 4.57 Å². The first-order valence-electron chi connectivity index (χ1n) is 8.39. The first-order valence-corrected chi connectivity index (χ1v) is 8.83. The van der Waals surface area contributed by atoms with Crippen LogP contribution in [-0.2, 0) is 11.2 Å². The molecule has 136 valence electrons. The molecule has 1 aliphatic rings. The third kappa shape index (κ3) is 3.40. The highest BCUT2D eigenvalue weighted by molar-refractivity contribution is 6.22. The number of aromatic nitrogens is 1. The summed E-state index contributed by atoms with van der Waals surface area (Å²) in [6.45, 7) is 1.91. The summed E-state index contributed by atoms with van der Waals surface area (Å²) in [6.07, 6.45) is 6.18. The Morgan fingerprint density at radius 1 is 1.38 bits per heavy atom. The summed E-state index contributed by atoms with van der Waals surface area (Å²) in [4.78, 5) is 24.2. The Labute approximate surface area is 156 Å². The van der Waals surface area contributed by atoms with E-state index in [2.05, 4.69) is 0 Å². The molecule has 2 aromatic rings. The molecule has 1 aliphatic carbocycles. The molecular weight excluding hydrogens is 354 g/mol. The van der Waals surface area contributed by atoms with Crippen molar-refractivity contribution in [3.8, 4) is 5.75 Å². The van der Waals surface area contributed by atoms with Gasteiger partial charge in [-0.25, -0.2) is 0 Å². The number of ether oxygens (including phenoxy) is 1. The first-order chi connectivity index (χ1) is 12.4. The van der Waals surface area contributed by atoms with Crippen molar-refractivity contribution in [2.45, 2.75) is 31.6 Å². The summed E-state index contributed by atoms with van der Waals surface area (Å²) >= 11 is 6.05. The average molecular weight is 374 g/mol. The maximum Gasteiger partial charge on any atom is 0.303 e. The number of nitrogens with zero attached hydrogens (tertiary/aromatic N) is 1. The van der Waals surface area contributed by atoms with Gasteiger partial charge in [0, 0.05) is 16.7 Å². The van der Waals surface area contributed by atoms with E-state index in [0.29, 0.717) is 23.4 Å². The van der Waals surface area contributed by atoms with Gasteiger partial charge in [0.1, 0.15) is 5.75 Å². The number of halogens is 1. The molecule has 1 N–H and O–H groups in total. The van der Waals surface area contributed by atoms with Crippen molar-refractivity contribution < 1.29 is 19.4 Å². The van der Waals surface area contributed by atoms with Crippen LogP contribution < -0.4 is 4.74 Å². The van der Waals surface area contributed by atoms with E-state index in [1.807, 2.05) is 25.1 Å². The number of aliphatic carboxylic acids is 1. The Morgan fingerprint density at radius 3 is 2.77 bits per heavy atom. The number of carbonyl (C=O) groups is 2. The molecule has 0 spiro atoms. The third-order valence-corrected chi connectivity index (χ3v) is 4.95. The standard InChI is InChI=1S/C20H20ClNO4/c1-12-16-11-15(26-2)7-8-18(16)22(17(12)9-10-19(23)24)20(25)13-3-5-14(21)6-4-13/h3-5,7-8,11,14H,6,9-10H2,1-2H3,(H,23,24). The fourth-order valence-electron chi connectivity index (χ4n) is 3.24. The number of fused-ring (bicyclic) bond motifs is 1. The fraction of sp³-hybridized carbons (Fsp3) is 0.300. The summed E-state index contributed by atoms with van der Waals surface area (Å²) in [5, 5.41) is 9.86. The van der Waals surface area contributed by atoms with Gasteiger partial charge in [0.2, 0.25) is 0 Å². The van der Waals surface area contributed by atoms with E-state index in [-0.39, 0.29) is 24.1 Å². The Bertz CT molecular complexity index is 939. The van der Waals surface area contributed by atoms with Gasteiger partial charge in [-0.1, -0.05) is 18.2 Å². The topological polar surface area (TPSA) is 68.5 Å². The van der Waals surface area contributed by atoms with Gasteiger partial charge in [-0.3, -0.25) is 14.2 Å². The Balaban J connectivity index is 2.14. The number of carboxylic acids is 1. The van der Waals surface area contributed by atoms with Crippen LogP contribution in [0.1, 0.15) is 28.9 Å². The summed E-state index contributed by atoms with van der Waals surface area (Å²) in [5.74, 6) is -0.377. The number of alkyl halides is 1. The quantitative estimate of drug-likeness (QED) is 0.801. The van der Waals surface area contributed by atoms with Crippen LogP contribution in [0, 0.1) is 6.92 Å². The molecule has 5 nitrogen and oxygen atoms in total. The van der Waals surface area contributed by atoms with Gasteiger partial charge < -0.3 is 9.84 Å². The molecule has 0 saturated heterocycles. The average Bonchev–Trinajstić information content (AvgIpc) is 2.91. The Hall–Kier alpha value is -2.53. The molecule has 0 aliphatic heterocycles. The van der Waals surface area contributed by atoms with E-state index in [0.717, 1.165) is 16.5 Å². The number of aryl methyl sites for hydroxylation is 1. The molecule has 0 bridgehead atoms. The van der Waals surface area contributed by atoms with Crippen molar-refractivity contribution in [3.63, 3.8) is 0 Å². The smallest absolute Gasteiger partial charge is 0.303 e. The molecule has 1 aromatic heterocycles. The van der Waals surface area contributed by atoms with E-state index in [1.54, 1.807) is 29.9 Å². The number of carboxylic acid groups (broad SMARTS) is 1. The Morgan fingerprint density at radius 2 is 2.15 bits per heavy atom. The van der Waals surface area contributed by atoms with Crippen LogP contribution in [0.5, 0.6) is 5.75 Å². The maximum atomic E-state index is 13.2. The zero-order valence-electron chi connectivity index (χ0n) is 14.7. The van der Waals surface area contributed by atoms with Crippen LogP contribution in [0.3, 0.4) is 0 Å². The number of hydrogen-bond donors (Lipinski definition) is 1.